The Morgan fingerprint density at radius 1 is 1.32 bits per heavy atom. The first-order chi connectivity index (χ1) is 9.06. The maximum atomic E-state index is 11.6. The van der Waals surface area contributed by atoms with Gasteiger partial charge >= 0.3 is 0 Å². The van der Waals surface area contributed by atoms with E-state index >= 15 is 0 Å². The number of carbonyl (C=O) groups is 2. The summed E-state index contributed by atoms with van der Waals surface area (Å²) in [5, 5.41) is 5.40. The fraction of sp³-hybridized carbons (Fsp3) is 0.385. The highest BCUT2D eigenvalue weighted by Crippen LogP contribution is 2.15. The standard InChI is InChI=1S/C13H19N3O3/c1-9(19-2)13(18)16-11-5-3-4-10(8-11)15-12(17)6-7-14/h3-5,8-9H,6-7,14H2,1-2H3,(H,15,17)(H,16,18). The summed E-state index contributed by atoms with van der Waals surface area (Å²) >= 11 is 0. The number of hydrogen-bond acceptors (Lipinski definition) is 4. The zero-order valence-corrected chi connectivity index (χ0v) is 11.1. The van der Waals surface area contributed by atoms with E-state index in [0.29, 0.717) is 17.9 Å². The number of hydrogen-bond donors (Lipinski definition) is 3. The van der Waals surface area contributed by atoms with Crippen LogP contribution in [0.15, 0.2) is 24.3 Å². The molecule has 6 nitrogen and oxygen atoms in total. The number of anilines is 2. The van der Waals surface area contributed by atoms with E-state index in [1.807, 2.05) is 0 Å². The summed E-state index contributed by atoms with van der Waals surface area (Å²) in [6.07, 6.45) is -0.271. The first-order valence-electron chi connectivity index (χ1n) is 6.00. The van der Waals surface area contributed by atoms with Crippen LogP contribution in [0.3, 0.4) is 0 Å². The van der Waals surface area contributed by atoms with E-state index in [1.165, 1.54) is 7.11 Å². The molecule has 6 heteroatoms. The molecule has 0 radical (unpaired) electrons. The molecule has 104 valence electrons. The lowest BCUT2D eigenvalue weighted by molar-refractivity contribution is -0.124. The Labute approximate surface area is 112 Å². The first kappa shape index (κ1) is 15.1. The van der Waals surface area contributed by atoms with Crippen molar-refractivity contribution in [1.29, 1.82) is 0 Å². The predicted molar refractivity (Wildman–Crippen MR) is 73.8 cm³/mol. The fourth-order valence-corrected chi connectivity index (χ4v) is 1.38. The second-order valence-corrected chi connectivity index (χ2v) is 4.03. The van der Waals surface area contributed by atoms with Gasteiger partial charge in [-0.15, -0.1) is 0 Å². The summed E-state index contributed by atoms with van der Waals surface area (Å²) in [7, 11) is 1.47. The summed E-state index contributed by atoms with van der Waals surface area (Å²) in [6.45, 7) is 1.95. The molecule has 0 fully saturated rings. The van der Waals surface area contributed by atoms with Gasteiger partial charge in [-0.2, -0.15) is 0 Å². The quantitative estimate of drug-likeness (QED) is 0.713. The Kier molecular flexibility index (Phi) is 5.98. The summed E-state index contributed by atoms with van der Waals surface area (Å²) in [5.74, 6) is -0.399. The molecule has 0 aliphatic carbocycles. The maximum absolute atomic E-state index is 11.6. The van der Waals surface area contributed by atoms with Crippen LogP contribution in [0.4, 0.5) is 11.4 Å². The molecule has 0 spiro atoms. The van der Waals surface area contributed by atoms with Gasteiger partial charge < -0.3 is 21.1 Å². The van der Waals surface area contributed by atoms with Crippen molar-refractivity contribution in [3.63, 3.8) is 0 Å². The lowest BCUT2D eigenvalue weighted by Gasteiger charge is -2.11. The van der Waals surface area contributed by atoms with Gasteiger partial charge in [-0.05, 0) is 25.1 Å². The SMILES string of the molecule is COC(C)C(=O)Nc1cccc(NC(=O)CCN)c1. The minimum Gasteiger partial charge on any atom is -0.372 e. The Morgan fingerprint density at radius 3 is 2.53 bits per heavy atom. The van der Waals surface area contributed by atoms with Crippen LogP contribution in [-0.4, -0.2) is 31.6 Å². The Bertz CT molecular complexity index is 449. The van der Waals surface area contributed by atoms with Gasteiger partial charge in [0.1, 0.15) is 6.10 Å². The number of carbonyl (C=O) groups excluding carboxylic acids is 2. The van der Waals surface area contributed by atoms with Gasteiger partial charge in [-0.25, -0.2) is 0 Å². The van der Waals surface area contributed by atoms with Crippen LogP contribution in [0.1, 0.15) is 13.3 Å². The van der Waals surface area contributed by atoms with Crippen molar-refractivity contribution in [2.24, 2.45) is 5.73 Å². The molecular formula is C13H19N3O3. The molecule has 0 aliphatic rings. The van der Waals surface area contributed by atoms with Gasteiger partial charge in [-0.1, -0.05) is 6.07 Å². The molecule has 1 atom stereocenters. The molecule has 0 heterocycles. The number of benzene rings is 1. The minimum absolute atomic E-state index is 0.156. The van der Waals surface area contributed by atoms with Crippen LogP contribution >= 0.6 is 0 Å². The van der Waals surface area contributed by atoms with E-state index in [1.54, 1.807) is 31.2 Å². The second kappa shape index (κ2) is 7.50. The monoisotopic (exact) mass is 265 g/mol. The molecule has 1 unspecified atom stereocenters. The summed E-state index contributed by atoms with van der Waals surface area (Å²) in [5.41, 5.74) is 6.50. The van der Waals surface area contributed by atoms with Crippen molar-refractivity contribution in [1.82, 2.24) is 0 Å². The van der Waals surface area contributed by atoms with Crippen LogP contribution in [0, 0.1) is 0 Å². The number of nitrogens with one attached hydrogen (secondary N) is 2. The average Bonchev–Trinajstić information content (AvgIpc) is 2.38. The molecule has 1 aromatic carbocycles. The zero-order chi connectivity index (χ0) is 14.3. The fourth-order valence-electron chi connectivity index (χ4n) is 1.38. The molecule has 0 aromatic heterocycles. The van der Waals surface area contributed by atoms with Crippen molar-refractivity contribution >= 4 is 23.2 Å². The maximum Gasteiger partial charge on any atom is 0.253 e. The highest BCUT2D eigenvalue weighted by Gasteiger charge is 2.11. The first-order valence-corrected chi connectivity index (χ1v) is 6.00. The Morgan fingerprint density at radius 2 is 1.95 bits per heavy atom. The Hall–Kier alpha value is -1.92. The lowest BCUT2D eigenvalue weighted by Crippen LogP contribution is -2.26. The molecule has 0 saturated carbocycles. The van der Waals surface area contributed by atoms with Gasteiger partial charge in [0.25, 0.3) is 5.91 Å². The Balaban J connectivity index is 2.66. The molecule has 4 N–H and O–H groups in total. The molecular weight excluding hydrogens is 246 g/mol. The molecule has 0 aliphatic heterocycles. The minimum atomic E-state index is -0.532. The van der Waals surface area contributed by atoms with E-state index in [4.69, 9.17) is 10.5 Å². The van der Waals surface area contributed by atoms with Gasteiger partial charge in [0, 0.05) is 31.5 Å². The number of methoxy groups -OCH3 is 1. The average molecular weight is 265 g/mol. The van der Waals surface area contributed by atoms with E-state index in [2.05, 4.69) is 10.6 Å². The molecule has 1 aromatic rings. The topological polar surface area (TPSA) is 93.5 Å². The highest BCUT2D eigenvalue weighted by atomic mass is 16.5. The summed E-state index contributed by atoms with van der Waals surface area (Å²) in [4.78, 5) is 23.0. The van der Waals surface area contributed by atoms with Crippen LogP contribution in [0.25, 0.3) is 0 Å². The summed E-state index contributed by atoms with van der Waals surface area (Å²) in [6, 6.07) is 6.89. The number of ether oxygens (including phenoxy) is 1. The third kappa shape index (κ3) is 5.07. The molecule has 1 rings (SSSR count). The van der Waals surface area contributed by atoms with Crippen molar-refractivity contribution in [3.05, 3.63) is 24.3 Å². The molecule has 0 saturated heterocycles. The van der Waals surface area contributed by atoms with E-state index in [9.17, 15) is 9.59 Å². The zero-order valence-electron chi connectivity index (χ0n) is 11.1. The van der Waals surface area contributed by atoms with Gasteiger partial charge in [-0.3, -0.25) is 9.59 Å². The smallest absolute Gasteiger partial charge is 0.253 e. The second-order valence-electron chi connectivity index (χ2n) is 4.03. The van der Waals surface area contributed by atoms with E-state index < -0.39 is 6.10 Å². The number of amides is 2. The number of rotatable bonds is 6. The van der Waals surface area contributed by atoms with E-state index in [0.717, 1.165) is 0 Å². The largest absolute Gasteiger partial charge is 0.372 e. The molecule has 0 bridgehead atoms. The van der Waals surface area contributed by atoms with Crippen molar-refractivity contribution in [3.8, 4) is 0 Å². The number of nitrogens with two attached hydrogens (primary N) is 1. The van der Waals surface area contributed by atoms with Gasteiger partial charge in [0.05, 0.1) is 0 Å². The normalized spacial score (nSPS) is 11.7. The van der Waals surface area contributed by atoms with Crippen LogP contribution in [0.2, 0.25) is 0 Å². The molecule has 2 amide bonds. The van der Waals surface area contributed by atoms with Crippen LogP contribution < -0.4 is 16.4 Å². The van der Waals surface area contributed by atoms with E-state index in [-0.39, 0.29) is 18.2 Å². The van der Waals surface area contributed by atoms with Gasteiger partial charge in [0.2, 0.25) is 5.91 Å². The van der Waals surface area contributed by atoms with Crippen LogP contribution in [-0.2, 0) is 14.3 Å². The van der Waals surface area contributed by atoms with Crippen molar-refractivity contribution in [2.45, 2.75) is 19.4 Å². The van der Waals surface area contributed by atoms with Crippen LogP contribution in [0.5, 0.6) is 0 Å². The lowest BCUT2D eigenvalue weighted by atomic mass is 10.2. The van der Waals surface area contributed by atoms with Crippen molar-refractivity contribution < 1.29 is 14.3 Å². The highest BCUT2D eigenvalue weighted by molar-refractivity contribution is 5.95. The van der Waals surface area contributed by atoms with Crippen molar-refractivity contribution in [2.75, 3.05) is 24.3 Å². The third-order valence-electron chi connectivity index (χ3n) is 2.51. The summed E-state index contributed by atoms with van der Waals surface area (Å²) < 4.78 is 4.92. The predicted octanol–water partition coefficient (Wildman–Crippen LogP) is 0.947. The van der Waals surface area contributed by atoms with Gasteiger partial charge in [0.15, 0.2) is 0 Å². The third-order valence-corrected chi connectivity index (χ3v) is 2.51. The molecule has 19 heavy (non-hydrogen) atoms.